The van der Waals surface area contributed by atoms with E-state index in [1.807, 2.05) is 0 Å². The second kappa shape index (κ2) is 12.0. The van der Waals surface area contributed by atoms with Crippen LogP contribution in [0.25, 0.3) is 11.2 Å². The Morgan fingerprint density at radius 3 is 2.70 bits per heavy atom. The predicted molar refractivity (Wildman–Crippen MR) is 130 cm³/mol. The van der Waals surface area contributed by atoms with E-state index in [0.29, 0.717) is 11.2 Å². The van der Waals surface area contributed by atoms with Gasteiger partial charge in [0.2, 0.25) is 5.95 Å². The number of carbonyl (C=O) groups excluding carboxylic acids is 1. The normalized spacial score (nSPS) is 12.2. The van der Waals surface area contributed by atoms with E-state index in [4.69, 9.17) is 19.5 Å². The van der Waals surface area contributed by atoms with Crippen LogP contribution in [0, 0.1) is 11.6 Å². The summed E-state index contributed by atoms with van der Waals surface area (Å²) < 4.78 is 45.4. The van der Waals surface area contributed by atoms with E-state index in [9.17, 15) is 23.5 Å². The Morgan fingerprint density at radius 1 is 1.16 bits per heavy atom. The van der Waals surface area contributed by atoms with Crippen molar-refractivity contribution >= 4 is 31.3 Å². The van der Waals surface area contributed by atoms with Gasteiger partial charge in [-0.2, -0.15) is 4.98 Å². The summed E-state index contributed by atoms with van der Waals surface area (Å²) in [5, 5.41) is 9.36. The zero-order valence-electron chi connectivity index (χ0n) is 19.3. The van der Waals surface area contributed by atoms with Crippen molar-refractivity contribution in [3.8, 4) is 5.75 Å². The lowest BCUT2D eigenvalue weighted by Gasteiger charge is -2.18. The number of hydrogen-bond donors (Lipinski definition) is 3. The highest BCUT2D eigenvalue weighted by molar-refractivity contribution is 7.47. The van der Waals surface area contributed by atoms with Gasteiger partial charge in [-0.1, -0.05) is 6.07 Å². The Morgan fingerprint density at radius 2 is 1.95 bits per heavy atom. The molecule has 14 heteroatoms. The standard InChI is InChI=1S/C23H22F2N5O6P/c24-16-4-2-15(3-5-16)19(32)11-36-37(35-10-14-1-6-18(31)17(25)9-14)13-34-8-7-30-12-27-20-21(30)28-23(26)29-22(20)33/h1-6,9,12,31H,7-8,10-11,13H2,(H3,26,28,29,33). The monoisotopic (exact) mass is 533 g/mol. The molecule has 2 heterocycles. The lowest BCUT2D eigenvalue weighted by Crippen LogP contribution is -2.13. The molecule has 11 nitrogen and oxygen atoms in total. The first-order chi connectivity index (χ1) is 17.8. The number of fused-ring (bicyclic) bond motifs is 1. The summed E-state index contributed by atoms with van der Waals surface area (Å²) in [7, 11) is -1.76. The average molecular weight is 533 g/mol. The maximum absolute atomic E-state index is 13.6. The largest absolute Gasteiger partial charge is 0.505 e. The number of halogens is 2. The van der Waals surface area contributed by atoms with Crippen LogP contribution < -0.4 is 11.3 Å². The predicted octanol–water partition coefficient (Wildman–Crippen LogP) is 3.09. The first kappa shape index (κ1) is 26.3. The maximum Gasteiger partial charge on any atom is 0.280 e. The number of carbonyl (C=O) groups is 1. The van der Waals surface area contributed by atoms with Crippen LogP contribution in [0.2, 0.25) is 0 Å². The van der Waals surface area contributed by atoms with Gasteiger partial charge in [0.15, 0.2) is 36.9 Å². The van der Waals surface area contributed by atoms with Crippen LogP contribution >= 0.6 is 8.38 Å². The number of H-pyrrole nitrogens is 1. The van der Waals surface area contributed by atoms with E-state index in [1.54, 1.807) is 4.57 Å². The summed E-state index contributed by atoms with van der Waals surface area (Å²) in [4.78, 5) is 34.8. The number of phenols is 1. The smallest absolute Gasteiger partial charge is 0.280 e. The number of aromatic nitrogens is 4. The van der Waals surface area contributed by atoms with Gasteiger partial charge in [0, 0.05) is 12.1 Å². The zero-order chi connectivity index (χ0) is 26.4. The summed E-state index contributed by atoms with van der Waals surface area (Å²) >= 11 is 0. The van der Waals surface area contributed by atoms with E-state index in [-0.39, 0.29) is 55.5 Å². The van der Waals surface area contributed by atoms with Crippen molar-refractivity contribution < 1.29 is 32.5 Å². The van der Waals surface area contributed by atoms with Crippen LogP contribution in [0.3, 0.4) is 0 Å². The quantitative estimate of drug-likeness (QED) is 0.142. The third-order valence-electron chi connectivity index (χ3n) is 5.06. The Balaban J connectivity index is 1.35. The topological polar surface area (TPSA) is 155 Å². The molecule has 1 unspecified atom stereocenters. The number of nitrogens with zero attached hydrogens (tertiary/aromatic N) is 3. The van der Waals surface area contributed by atoms with Crippen LogP contribution in [0.15, 0.2) is 53.6 Å². The van der Waals surface area contributed by atoms with Crippen LogP contribution in [0.1, 0.15) is 15.9 Å². The number of Topliss-reactive ketones (excluding diaryl/α,β-unsaturated/α-hetero) is 1. The molecule has 0 saturated carbocycles. The van der Waals surface area contributed by atoms with E-state index in [0.717, 1.165) is 6.07 Å². The molecule has 2 aromatic carbocycles. The SMILES string of the molecule is Nc1nc2c(ncn2CCOCP(OCC(=O)c2ccc(F)cc2)OCc2ccc(O)c(F)c2)c(=O)[nH]1. The average Bonchev–Trinajstić information content (AvgIpc) is 3.28. The Labute approximate surface area is 209 Å². The van der Waals surface area contributed by atoms with Gasteiger partial charge in [0.05, 0.1) is 19.5 Å². The van der Waals surface area contributed by atoms with Gasteiger partial charge < -0.3 is 29.2 Å². The number of nitrogens with one attached hydrogen (secondary N) is 1. The lowest BCUT2D eigenvalue weighted by atomic mass is 10.1. The Hall–Kier alpha value is -3.77. The second-order valence-electron chi connectivity index (χ2n) is 7.69. The molecule has 2 aromatic heterocycles. The molecule has 0 aliphatic carbocycles. The number of nitrogens with two attached hydrogens (primary N) is 1. The van der Waals surface area contributed by atoms with Crippen LogP contribution in [0.5, 0.6) is 5.75 Å². The van der Waals surface area contributed by atoms with Gasteiger partial charge in [-0.3, -0.25) is 14.6 Å². The van der Waals surface area contributed by atoms with Gasteiger partial charge >= 0.3 is 0 Å². The molecule has 0 saturated heterocycles. The van der Waals surface area contributed by atoms with Gasteiger partial charge in [-0.25, -0.2) is 13.8 Å². The summed E-state index contributed by atoms with van der Waals surface area (Å²) in [6.07, 6.45) is 1.40. The fraction of sp³-hybridized carbons (Fsp3) is 0.217. The van der Waals surface area contributed by atoms with Crippen molar-refractivity contribution in [2.75, 3.05) is 25.3 Å². The number of rotatable bonds is 12. The van der Waals surface area contributed by atoms with Gasteiger partial charge in [0.25, 0.3) is 5.56 Å². The van der Waals surface area contributed by atoms with Crippen molar-refractivity contribution in [1.82, 2.24) is 19.5 Å². The van der Waals surface area contributed by atoms with E-state index in [2.05, 4.69) is 15.0 Å². The molecule has 0 fully saturated rings. The number of imidazole rings is 1. The molecule has 1 atom stereocenters. The Bertz CT molecular complexity index is 1450. The third kappa shape index (κ3) is 6.92. The number of aromatic amines is 1. The molecule has 194 valence electrons. The number of ketones is 1. The van der Waals surface area contributed by atoms with Crippen molar-refractivity contribution in [2.24, 2.45) is 0 Å². The minimum absolute atomic E-state index is 0.0324. The van der Waals surface area contributed by atoms with Crippen molar-refractivity contribution in [2.45, 2.75) is 13.2 Å². The molecule has 0 bridgehead atoms. The number of nitrogen functional groups attached to an aromatic ring is 1. The van der Waals surface area contributed by atoms with Crippen molar-refractivity contribution in [3.05, 3.63) is 81.9 Å². The molecule has 0 aliphatic rings. The van der Waals surface area contributed by atoms with Crippen molar-refractivity contribution in [3.63, 3.8) is 0 Å². The molecule has 0 spiro atoms. The van der Waals surface area contributed by atoms with Crippen molar-refractivity contribution in [1.29, 1.82) is 0 Å². The third-order valence-corrected chi connectivity index (χ3v) is 6.29. The minimum atomic E-state index is -1.76. The molecule has 0 radical (unpaired) electrons. The molecule has 4 rings (SSSR count). The first-order valence-corrected chi connectivity index (χ1v) is 12.2. The van der Waals surface area contributed by atoms with E-state index < -0.39 is 31.3 Å². The molecule has 4 N–H and O–H groups in total. The fourth-order valence-electron chi connectivity index (χ4n) is 3.18. The summed E-state index contributed by atoms with van der Waals surface area (Å²) in [5.41, 5.74) is 6.30. The summed E-state index contributed by atoms with van der Waals surface area (Å²) in [6.45, 7) is 0.0380. The maximum atomic E-state index is 13.6. The second-order valence-corrected chi connectivity index (χ2v) is 9.13. The number of phenolic OH excluding ortho intramolecular Hbond substituents is 1. The minimum Gasteiger partial charge on any atom is -0.505 e. The van der Waals surface area contributed by atoms with Crippen LogP contribution in [0.4, 0.5) is 14.7 Å². The molecule has 0 amide bonds. The number of anilines is 1. The number of benzene rings is 2. The highest BCUT2D eigenvalue weighted by atomic mass is 31.2. The van der Waals surface area contributed by atoms with Crippen LogP contribution in [-0.2, 0) is 26.9 Å². The molecule has 4 aromatic rings. The molecular formula is C23H22F2N5O6P. The number of aromatic hydroxyl groups is 1. The van der Waals surface area contributed by atoms with Gasteiger partial charge in [-0.05, 0) is 42.0 Å². The number of ether oxygens (including phenoxy) is 1. The lowest BCUT2D eigenvalue weighted by molar-refractivity contribution is 0.0896. The molecule has 0 aliphatic heterocycles. The number of hydrogen-bond acceptors (Lipinski definition) is 9. The molecular weight excluding hydrogens is 511 g/mol. The Kier molecular flexibility index (Phi) is 8.51. The van der Waals surface area contributed by atoms with E-state index >= 15 is 0 Å². The van der Waals surface area contributed by atoms with E-state index in [1.165, 1.54) is 42.7 Å². The summed E-state index contributed by atoms with van der Waals surface area (Å²) in [6, 6.07) is 8.85. The fourth-order valence-corrected chi connectivity index (χ4v) is 4.24. The highest BCUT2D eigenvalue weighted by Gasteiger charge is 2.17. The molecule has 37 heavy (non-hydrogen) atoms. The van der Waals surface area contributed by atoms with Crippen LogP contribution in [-0.4, -0.2) is 50.0 Å². The summed E-state index contributed by atoms with van der Waals surface area (Å²) in [5.74, 6) is -2.17. The van der Waals surface area contributed by atoms with Gasteiger partial charge in [0.1, 0.15) is 18.8 Å². The zero-order valence-corrected chi connectivity index (χ0v) is 20.2. The highest BCUT2D eigenvalue weighted by Crippen LogP contribution is 2.39. The first-order valence-electron chi connectivity index (χ1n) is 10.9. The van der Waals surface area contributed by atoms with Gasteiger partial charge in [-0.15, -0.1) is 0 Å².